The Balaban J connectivity index is 1.59. The number of carbonyl (C=O) groups is 2. The average molecular weight is 537 g/mol. The van der Waals surface area contributed by atoms with Crippen LogP contribution in [-0.4, -0.2) is 47.8 Å². The van der Waals surface area contributed by atoms with Gasteiger partial charge in [0.2, 0.25) is 0 Å². The Morgan fingerprint density at radius 3 is 1.84 bits per heavy atom. The number of piperidine rings is 2. The summed E-state index contributed by atoms with van der Waals surface area (Å²) in [5.74, 6) is 1.45. The predicted octanol–water partition coefficient (Wildman–Crippen LogP) is 6.80. The number of ether oxygens (including phenoxy) is 2. The Bertz CT molecular complexity index is 704. The molecule has 2 N–H and O–H groups in total. The first-order valence-corrected chi connectivity index (χ1v) is 15.7. The summed E-state index contributed by atoms with van der Waals surface area (Å²) in [5, 5.41) is 7.45. The zero-order chi connectivity index (χ0) is 28.5. The van der Waals surface area contributed by atoms with E-state index in [0.29, 0.717) is 42.3 Å². The summed E-state index contributed by atoms with van der Waals surface area (Å²) in [4.78, 5) is 25.2. The number of carbonyl (C=O) groups excluding carboxylic acids is 2. The Kier molecular flexibility index (Phi) is 13.6. The Hall–Kier alpha value is -1.14. The van der Waals surface area contributed by atoms with E-state index >= 15 is 0 Å². The van der Waals surface area contributed by atoms with Crippen LogP contribution < -0.4 is 10.6 Å². The van der Waals surface area contributed by atoms with Crippen LogP contribution in [0.4, 0.5) is 0 Å². The molecule has 0 saturated carbocycles. The molecule has 0 amide bonds. The number of nitrogens with one attached hydrogen (secondary N) is 2. The molecule has 0 radical (unpaired) electrons. The maximum atomic E-state index is 12.8. The highest BCUT2D eigenvalue weighted by atomic mass is 16.5. The van der Waals surface area contributed by atoms with Crippen LogP contribution in [0.2, 0.25) is 0 Å². The highest BCUT2D eigenvalue weighted by Crippen LogP contribution is 2.29. The molecule has 0 spiro atoms. The summed E-state index contributed by atoms with van der Waals surface area (Å²) in [6, 6.07) is 1.21. The Morgan fingerprint density at radius 2 is 1.26 bits per heavy atom. The average Bonchev–Trinajstić information content (AvgIpc) is 2.81. The fourth-order valence-corrected chi connectivity index (χ4v) is 6.08. The molecule has 0 aromatic carbocycles. The monoisotopic (exact) mass is 536 g/mol. The van der Waals surface area contributed by atoms with Gasteiger partial charge in [-0.05, 0) is 44.4 Å². The maximum Gasteiger partial charge on any atom is 0.308 e. The SMILES string of the molecule is CC(CCCCCCCC(=O)OC1CC(C(C)C)NC(C)(C)C1)C(=O)OC1CC(C(C)C)NC(C(C)C)C1. The van der Waals surface area contributed by atoms with Crippen LogP contribution in [0.25, 0.3) is 0 Å². The normalized spacial score (nSPS) is 28.5. The number of hydrogen-bond donors (Lipinski definition) is 2. The summed E-state index contributed by atoms with van der Waals surface area (Å²) >= 11 is 0. The van der Waals surface area contributed by atoms with Gasteiger partial charge in [-0.1, -0.05) is 74.1 Å². The van der Waals surface area contributed by atoms with E-state index in [-0.39, 0.29) is 35.6 Å². The van der Waals surface area contributed by atoms with Crippen LogP contribution in [-0.2, 0) is 19.1 Å². The smallest absolute Gasteiger partial charge is 0.308 e. The zero-order valence-electron chi connectivity index (χ0n) is 26.1. The Morgan fingerprint density at radius 1 is 0.737 bits per heavy atom. The van der Waals surface area contributed by atoms with Gasteiger partial charge in [0.25, 0.3) is 0 Å². The van der Waals surface area contributed by atoms with Crippen molar-refractivity contribution in [2.45, 2.75) is 169 Å². The minimum Gasteiger partial charge on any atom is -0.462 e. The van der Waals surface area contributed by atoms with Crippen molar-refractivity contribution >= 4 is 11.9 Å². The molecule has 38 heavy (non-hydrogen) atoms. The summed E-state index contributed by atoms with van der Waals surface area (Å²) in [7, 11) is 0. The molecule has 222 valence electrons. The summed E-state index contributed by atoms with van der Waals surface area (Å²) in [6.45, 7) is 19.8. The number of unbranched alkanes of at least 4 members (excludes halogenated alkanes) is 4. The second kappa shape index (κ2) is 15.6. The third kappa shape index (κ3) is 11.5. The van der Waals surface area contributed by atoms with Gasteiger partial charge in [0.1, 0.15) is 12.2 Å². The first kappa shape index (κ1) is 33.1. The molecule has 2 aliphatic heterocycles. The molecular weight excluding hydrogens is 476 g/mol. The molecule has 0 bridgehead atoms. The highest BCUT2D eigenvalue weighted by Gasteiger charge is 2.36. The highest BCUT2D eigenvalue weighted by molar-refractivity contribution is 5.72. The predicted molar refractivity (Wildman–Crippen MR) is 156 cm³/mol. The van der Waals surface area contributed by atoms with E-state index in [0.717, 1.165) is 64.2 Å². The maximum absolute atomic E-state index is 12.8. The first-order chi connectivity index (χ1) is 17.8. The van der Waals surface area contributed by atoms with Crippen LogP contribution in [0.15, 0.2) is 0 Å². The molecule has 5 unspecified atom stereocenters. The van der Waals surface area contributed by atoms with Gasteiger partial charge in [-0.2, -0.15) is 0 Å². The van der Waals surface area contributed by atoms with Crippen LogP contribution >= 0.6 is 0 Å². The molecule has 5 atom stereocenters. The molecule has 6 heteroatoms. The minimum absolute atomic E-state index is 0.00230. The van der Waals surface area contributed by atoms with Crippen LogP contribution in [0.5, 0.6) is 0 Å². The third-order valence-corrected chi connectivity index (χ3v) is 8.71. The fraction of sp³-hybridized carbons (Fsp3) is 0.938. The third-order valence-electron chi connectivity index (χ3n) is 8.71. The van der Waals surface area contributed by atoms with Gasteiger partial charge in [0.15, 0.2) is 0 Å². The van der Waals surface area contributed by atoms with E-state index in [9.17, 15) is 9.59 Å². The van der Waals surface area contributed by atoms with Crippen molar-refractivity contribution < 1.29 is 19.1 Å². The lowest BCUT2D eigenvalue weighted by Gasteiger charge is -2.42. The standard InChI is InChI=1S/C32H60N2O4/c1-21(2)27-17-25(18-28(33-27)22(3)4)38-31(36)24(7)15-13-11-10-12-14-16-30(35)37-26-19-29(23(5)6)34-32(8,9)20-26/h21-29,33-34H,10-20H2,1-9H3. The minimum atomic E-state index is -0.0567. The number of hydrogen-bond acceptors (Lipinski definition) is 6. The largest absolute Gasteiger partial charge is 0.462 e. The Labute approximate surface area is 234 Å². The van der Waals surface area contributed by atoms with Crippen molar-refractivity contribution in [2.24, 2.45) is 23.7 Å². The van der Waals surface area contributed by atoms with Gasteiger partial charge in [-0.15, -0.1) is 0 Å². The van der Waals surface area contributed by atoms with Crippen molar-refractivity contribution in [2.75, 3.05) is 0 Å². The molecule has 0 aromatic heterocycles. The molecule has 2 saturated heterocycles. The lowest BCUT2D eigenvalue weighted by atomic mass is 9.83. The molecule has 6 nitrogen and oxygen atoms in total. The molecule has 0 aromatic rings. The lowest BCUT2D eigenvalue weighted by molar-refractivity contribution is -0.156. The van der Waals surface area contributed by atoms with E-state index in [4.69, 9.17) is 9.47 Å². The van der Waals surface area contributed by atoms with E-state index in [1.54, 1.807) is 0 Å². The van der Waals surface area contributed by atoms with Crippen molar-refractivity contribution in [3.63, 3.8) is 0 Å². The van der Waals surface area contributed by atoms with Crippen molar-refractivity contribution in [3.05, 3.63) is 0 Å². The van der Waals surface area contributed by atoms with E-state index < -0.39 is 0 Å². The van der Waals surface area contributed by atoms with E-state index in [2.05, 4.69) is 66.0 Å². The van der Waals surface area contributed by atoms with E-state index in [1.807, 2.05) is 6.92 Å². The van der Waals surface area contributed by atoms with Crippen LogP contribution in [0, 0.1) is 23.7 Å². The van der Waals surface area contributed by atoms with Crippen molar-refractivity contribution in [1.29, 1.82) is 0 Å². The van der Waals surface area contributed by atoms with E-state index in [1.165, 1.54) is 0 Å². The molecule has 2 fully saturated rings. The second-order valence-corrected chi connectivity index (χ2v) is 14.0. The van der Waals surface area contributed by atoms with Gasteiger partial charge in [-0.25, -0.2) is 0 Å². The zero-order valence-corrected chi connectivity index (χ0v) is 26.1. The summed E-state index contributed by atoms with van der Waals surface area (Å²) in [5.41, 5.74) is 0.00230. The van der Waals surface area contributed by atoms with Gasteiger partial charge in [0.05, 0.1) is 5.92 Å². The lowest BCUT2D eigenvalue weighted by Crippen LogP contribution is -2.56. The van der Waals surface area contributed by atoms with Gasteiger partial charge >= 0.3 is 11.9 Å². The van der Waals surface area contributed by atoms with Crippen LogP contribution in [0.3, 0.4) is 0 Å². The topological polar surface area (TPSA) is 76.7 Å². The molecule has 2 heterocycles. The molecule has 2 rings (SSSR count). The van der Waals surface area contributed by atoms with Gasteiger partial charge < -0.3 is 20.1 Å². The molecule has 2 aliphatic rings. The molecular formula is C32H60N2O4. The van der Waals surface area contributed by atoms with Crippen LogP contribution in [0.1, 0.15) is 133 Å². The molecule has 0 aliphatic carbocycles. The fourth-order valence-electron chi connectivity index (χ4n) is 6.08. The first-order valence-electron chi connectivity index (χ1n) is 15.7. The van der Waals surface area contributed by atoms with Crippen molar-refractivity contribution in [3.8, 4) is 0 Å². The van der Waals surface area contributed by atoms with Crippen molar-refractivity contribution in [1.82, 2.24) is 10.6 Å². The van der Waals surface area contributed by atoms with Gasteiger partial charge in [0, 0.05) is 55.8 Å². The second-order valence-electron chi connectivity index (χ2n) is 14.0. The number of esters is 2. The number of rotatable bonds is 14. The quantitative estimate of drug-likeness (QED) is 0.188. The van der Waals surface area contributed by atoms with Gasteiger partial charge in [-0.3, -0.25) is 9.59 Å². The summed E-state index contributed by atoms with van der Waals surface area (Å²) in [6.07, 6.45) is 10.1. The summed E-state index contributed by atoms with van der Waals surface area (Å²) < 4.78 is 11.9.